The van der Waals surface area contributed by atoms with Gasteiger partial charge in [0.25, 0.3) is 5.91 Å². The van der Waals surface area contributed by atoms with Gasteiger partial charge in [0.1, 0.15) is 11.3 Å². The first-order valence-corrected chi connectivity index (χ1v) is 13.3. The van der Waals surface area contributed by atoms with Crippen molar-refractivity contribution in [2.24, 2.45) is 0 Å². The standard InChI is InChI=1S/C30H34N6O/c1-34(26-14-5-10-23-11-7-15-31-28(23)26)21-27-32-25-13-6-12-24(29(25)33-27)30(37)36-18-16-35(17-19-36)20-22-8-3-2-4-9-22/h2-4,6-9,11-13,15,26H,5,10,14,16-21H2,1H3,(H,32,33). The molecule has 0 bridgehead atoms. The first-order valence-electron chi connectivity index (χ1n) is 13.3. The van der Waals surface area contributed by atoms with E-state index < -0.39 is 0 Å². The highest BCUT2D eigenvalue weighted by molar-refractivity contribution is 6.04. The molecule has 2 aliphatic rings. The lowest BCUT2D eigenvalue weighted by Crippen LogP contribution is -2.48. The van der Waals surface area contributed by atoms with E-state index in [0.29, 0.717) is 12.1 Å². The Balaban J connectivity index is 1.14. The first-order chi connectivity index (χ1) is 18.2. The molecule has 7 nitrogen and oxygen atoms in total. The van der Waals surface area contributed by atoms with Crippen LogP contribution in [0.4, 0.5) is 0 Å². The van der Waals surface area contributed by atoms with Crippen LogP contribution >= 0.6 is 0 Å². The van der Waals surface area contributed by atoms with Crippen LogP contribution in [0.15, 0.2) is 66.9 Å². The third-order valence-corrected chi connectivity index (χ3v) is 7.80. The van der Waals surface area contributed by atoms with Crippen molar-refractivity contribution in [3.63, 3.8) is 0 Å². The van der Waals surface area contributed by atoms with E-state index >= 15 is 0 Å². The summed E-state index contributed by atoms with van der Waals surface area (Å²) in [5.41, 5.74) is 6.22. The molecular formula is C30H34N6O. The molecule has 1 saturated heterocycles. The third-order valence-electron chi connectivity index (χ3n) is 7.80. The molecule has 6 rings (SSSR count). The van der Waals surface area contributed by atoms with Crippen LogP contribution in [0.25, 0.3) is 11.0 Å². The van der Waals surface area contributed by atoms with E-state index in [1.165, 1.54) is 23.2 Å². The molecule has 0 spiro atoms. The first kappa shape index (κ1) is 23.8. The Morgan fingerprint density at radius 2 is 1.86 bits per heavy atom. The number of H-pyrrole nitrogens is 1. The lowest BCUT2D eigenvalue weighted by Gasteiger charge is -2.34. The fraction of sp³-hybridized carbons (Fsp3) is 0.367. The quantitative estimate of drug-likeness (QED) is 0.430. The summed E-state index contributed by atoms with van der Waals surface area (Å²) in [4.78, 5) is 33.3. The number of hydrogen-bond donors (Lipinski definition) is 1. The number of nitrogens with zero attached hydrogens (tertiary/aromatic N) is 5. The summed E-state index contributed by atoms with van der Waals surface area (Å²) in [6.45, 7) is 4.83. The summed E-state index contributed by atoms with van der Waals surface area (Å²) in [5, 5.41) is 0. The number of amides is 1. The second-order valence-corrected chi connectivity index (χ2v) is 10.3. The summed E-state index contributed by atoms with van der Waals surface area (Å²) in [6, 6.07) is 20.9. The second-order valence-electron chi connectivity index (χ2n) is 10.3. The number of aryl methyl sites for hydroxylation is 1. The maximum atomic E-state index is 13.5. The summed E-state index contributed by atoms with van der Waals surface area (Å²) >= 11 is 0. The number of nitrogens with one attached hydrogen (secondary N) is 1. The SMILES string of the molecule is CN(Cc1nc2c(C(=O)N3CCN(Cc4ccccc4)CC3)cccc2[nH]1)C1CCCc2cccnc21. The van der Waals surface area contributed by atoms with Crippen LogP contribution in [0.1, 0.15) is 51.9 Å². The highest BCUT2D eigenvalue weighted by Gasteiger charge is 2.27. The Hall–Kier alpha value is -3.55. The van der Waals surface area contributed by atoms with Crippen molar-refractivity contribution in [3.05, 3.63) is 95.1 Å². The molecule has 4 aromatic rings. The van der Waals surface area contributed by atoms with Crippen LogP contribution < -0.4 is 0 Å². The van der Waals surface area contributed by atoms with Gasteiger partial charge in [-0.15, -0.1) is 0 Å². The van der Waals surface area contributed by atoms with Crippen molar-refractivity contribution in [3.8, 4) is 0 Å². The van der Waals surface area contributed by atoms with Crippen molar-refractivity contribution >= 4 is 16.9 Å². The predicted octanol–water partition coefficient (Wildman–Crippen LogP) is 4.43. The highest BCUT2D eigenvalue weighted by atomic mass is 16.2. The average molecular weight is 495 g/mol. The van der Waals surface area contributed by atoms with Gasteiger partial charge in [-0.25, -0.2) is 4.98 Å². The molecule has 1 amide bonds. The van der Waals surface area contributed by atoms with Gasteiger partial charge in [0.15, 0.2) is 0 Å². The zero-order valence-corrected chi connectivity index (χ0v) is 21.4. The Labute approximate surface area is 218 Å². The van der Waals surface area contributed by atoms with E-state index in [0.717, 1.165) is 62.4 Å². The number of carbonyl (C=O) groups is 1. The lowest BCUT2D eigenvalue weighted by atomic mass is 9.91. The molecule has 1 aliphatic heterocycles. The smallest absolute Gasteiger partial charge is 0.256 e. The zero-order chi connectivity index (χ0) is 25.2. The Morgan fingerprint density at radius 1 is 1.03 bits per heavy atom. The number of aromatic nitrogens is 3. The van der Waals surface area contributed by atoms with Crippen molar-refractivity contribution in [1.82, 2.24) is 29.7 Å². The molecule has 7 heteroatoms. The Bertz CT molecular complexity index is 1380. The topological polar surface area (TPSA) is 68.4 Å². The molecule has 0 radical (unpaired) electrons. The highest BCUT2D eigenvalue weighted by Crippen LogP contribution is 2.32. The van der Waals surface area contributed by atoms with E-state index in [-0.39, 0.29) is 11.9 Å². The number of aromatic amines is 1. The fourth-order valence-electron chi connectivity index (χ4n) is 5.81. The summed E-state index contributed by atoms with van der Waals surface area (Å²) < 4.78 is 0. The molecule has 2 aromatic carbocycles. The normalized spacial score (nSPS) is 18.3. The summed E-state index contributed by atoms with van der Waals surface area (Å²) in [7, 11) is 2.14. The van der Waals surface area contributed by atoms with E-state index in [4.69, 9.17) is 9.97 Å². The van der Waals surface area contributed by atoms with E-state index in [9.17, 15) is 4.79 Å². The number of fused-ring (bicyclic) bond motifs is 2. The average Bonchev–Trinajstić information content (AvgIpc) is 3.36. The van der Waals surface area contributed by atoms with Crippen LogP contribution in [0.2, 0.25) is 0 Å². The van der Waals surface area contributed by atoms with Gasteiger partial charge in [0.05, 0.1) is 29.4 Å². The number of para-hydroxylation sites is 1. The molecule has 190 valence electrons. The van der Waals surface area contributed by atoms with Crippen LogP contribution in [-0.4, -0.2) is 68.8 Å². The van der Waals surface area contributed by atoms with Gasteiger partial charge in [-0.2, -0.15) is 0 Å². The number of pyridine rings is 1. The minimum atomic E-state index is 0.0711. The number of carbonyl (C=O) groups excluding carboxylic acids is 1. The van der Waals surface area contributed by atoms with Gasteiger partial charge in [-0.3, -0.25) is 19.6 Å². The maximum absolute atomic E-state index is 13.5. The molecule has 37 heavy (non-hydrogen) atoms. The molecule has 2 aromatic heterocycles. The summed E-state index contributed by atoms with van der Waals surface area (Å²) in [5.74, 6) is 0.954. The monoisotopic (exact) mass is 494 g/mol. The lowest BCUT2D eigenvalue weighted by molar-refractivity contribution is 0.0630. The molecule has 3 heterocycles. The van der Waals surface area contributed by atoms with Crippen molar-refractivity contribution < 1.29 is 4.79 Å². The van der Waals surface area contributed by atoms with Crippen LogP contribution in [0.5, 0.6) is 0 Å². The number of imidazole rings is 1. The minimum absolute atomic E-state index is 0.0711. The third kappa shape index (κ3) is 5.02. The molecule has 1 N–H and O–H groups in total. The Kier molecular flexibility index (Phi) is 6.72. The zero-order valence-electron chi connectivity index (χ0n) is 21.4. The largest absolute Gasteiger partial charge is 0.341 e. The van der Waals surface area contributed by atoms with Gasteiger partial charge < -0.3 is 9.88 Å². The van der Waals surface area contributed by atoms with E-state index in [1.807, 2.05) is 41.4 Å². The van der Waals surface area contributed by atoms with Gasteiger partial charge in [0, 0.05) is 38.9 Å². The Morgan fingerprint density at radius 3 is 2.70 bits per heavy atom. The predicted molar refractivity (Wildman–Crippen MR) is 145 cm³/mol. The van der Waals surface area contributed by atoms with Crippen molar-refractivity contribution in [1.29, 1.82) is 0 Å². The van der Waals surface area contributed by atoms with E-state index in [2.05, 4.69) is 52.2 Å². The maximum Gasteiger partial charge on any atom is 0.256 e. The molecule has 1 unspecified atom stereocenters. The molecular weight excluding hydrogens is 460 g/mol. The van der Waals surface area contributed by atoms with Crippen molar-refractivity contribution in [2.45, 2.75) is 38.4 Å². The molecule has 0 saturated carbocycles. The van der Waals surface area contributed by atoms with Crippen LogP contribution in [-0.2, 0) is 19.5 Å². The van der Waals surface area contributed by atoms with E-state index in [1.54, 1.807) is 0 Å². The molecule has 1 fully saturated rings. The number of hydrogen-bond acceptors (Lipinski definition) is 5. The summed E-state index contributed by atoms with van der Waals surface area (Å²) in [6.07, 6.45) is 5.27. The van der Waals surface area contributed by atoms with Crippen LogP contribution in [0.3, 0.4) is 0 Å². The van der Waals surface area contributed by atoms with Crippen molar-refractivity contribution in [2.75, 3.05) is 33.2 Å². The second kappa shape index (κ2) is 10.4. The number of piperazine rings is 1. The molecule has 1 aliphatic carbocycles. The minimum Gasteiger partial charge on any atom is -0.341 e. The van der Waals surface area contributed by atoms with Gasteiger partial charge in [0.2, 0.25) is 0 Å². The number of benzene rings is 2. The van der Waals surface area contributed by atoms with Gasteiger partial charge in [-0.05, 0) is 55.6 Å². The number of rotatable bonds is 6. The van der Waals surface area contributed by atoms with Crippen LogP contribution in [0, 0.1) is 0 Å². The fourth-order valence-corrected chi connectivity index (χ4v) is 5.81. The van der Waals surface area contributed by atoms with Gasteiger partial charge >= 0.3 is 0 Å². The van der Waals surface area contributed by atoms with Gasteiger partial charge in [-0.1, -0.05) is 42.5 Å². The molecule has 1 atom stereocenters.